The summed E-state index contributed by atoms with van der Waals surface area (Å²) >= 11 is 0. The number of carbonyl (C=O) groups excluding carboxylic acids is 1. The molecule has 0 bridgehead atoms. The van der Waals surface area contributed by atoms with Crippen molar-refractivity contribution in [1.82, 2.24) is 0 Å². The molecule has 0 aromatic heterocycles. The molecule has 2 rings (SSSR count). The molecule has 0 amide bonds. The molecule has 108 valence electrons. The Labute approximate surface area is 118 Å². The van der Waals surface area contributed by atoms with E-state index in [1.54, 1.807) is 31.4 Å². The molecular formula is C16H20O4. The van der Waals surface area contributed by atoms with E-state index in [2.05, 4.69) is 0 Å². The third-order valence-electron chi connectivity index (χ3n) is 4.02. The predicted octanol–water partition coefficient (Wildman–Crippen LogP) is 3.16. The van der Waals surface area contributed by atoms with Gasteiger partial charge in [-0.1, -0.05) is 6.42 Å². The maximum absolute atomic E-state index is 12.2. The van der Waals surface area contributed by atoms with Crippen LogP contribution in [0.3, 0.4) is 0 Å². The van der Waals surface area contributed by atoms with Gasteiger partial charge < -0.3 is 9.84 Å². The number of carboxylic acids is 1. The van der Waals surface area contributed by atoms with Crippen LogP contribution in [0, 0.1) is 11.8 Å². The van der Waals surface area contributed by atoms with Crippen molar-refractivity contribution in [2.24, 2.45) is 11.8 Å². The van der Waals surface area contributed by atoms with E-state index in [0.29, 0.717) is 18.4 Å². The summed E-state index contributed by atoms with van der Waals surface area (Å²) in [6, 6.07) is 7.07. The lowest BCUT2D eigenvalue weighted by atomic mass is 9.78. The molecule has 0 radical (unpaired) electrons. The summed E-state index contributed by atoms with van der Waals surface area (Å²) in [6.07, 6.45) is 3.65. The first-order valence-electron chi connectivity index (χ1n) is 7.00. The Bertz CT molecular complexity index is 478. The van der Waals surface area contributed by atoms with Gasteiger partial charge in [0.2, 0.25) is 0 Å². The summed E-state index contributed by atoms with van der Waals surface area (Å²) in [5.41, 5.74) is 0.670. The molecule has 20 heavy (non-hydrogen) atoms. The van der Waals surface area contributed by atoms with E-state index in [0.717, 1.165) is 25.0 Å². The number of ketones is 1. The van der Waals surface area contributed by atoms with Crippen molar-refractivity contribution in [3.63, 3.8) is 0 Å². The van der Waals surface area contributed by atoms with E-state index >= 15 is 0 Å². The molecule has 0 heterocycles. The Morgan fingerprint density at radius 1 is 1.25 bits per heavy atom. The SMILES string of the molecule is COc1ccc(C(=O)CC2CCCC(C(=O)O)C2)cc1. The number of aliphatic carboxylic acids is 1. The fourth-order valence-corrected chi connectivity index (χ4v) is 2.86. The van der Waals surface area contributed by atoms with Gasteiger partial charge in [0.05, 0.1) is 13.0 Å². The van der Waals surface area contributed by atoms with Gasteiger partial charge in [0, 0.05) is 12.0 Å². The minimum Gasteiger partial charge on any atom is -0.497 e. The highest BCUT2D eigenvalue weighted by molar-refractivity contribution is 5.96. The number of methoxy groups -OCH3 is 1. The molecule has 0 aliphatic heterocycles. The van der Waals surface area contributed by atoms with Crippen LogP contribution in [-0.4, -0.2) is 24.0 Å². The molecule has 4 nitrogen and oxygen atoms in total. The van der Waals surface area contributed by atoms with Crippen molar-refractivity contribution in [3.05, 3.63) is 29.8 Å². The fraction of sp³-hybridized carbons (Fsp3) is 0.500. The summed E-state index contributed by atoms with van der Waals surface area (Å²) in [4.78, 5) is 23.2. The maximum Gasteiger partial charge on any atom is 0.306 e. The Kier molecular flexibility index (Phi) is 4.77. The lowest BCUT2D eigenvalue weighted by Crippen LogP contribution is -2.24. The zero-order chi connectivity index (χ0) is 14.5. The Morgan fingerprint density at radius 2 is 1.95 bits per heavy atom. The largest absolute Gasteiger partial charge is 0.497 e. The van der Waals surface area contributed by atoms with Crippen LogP contribution in [0.2, 0.25) is 0 Å². The predicted molar refractivity (Wildman–Crippen MR) is 75.0 cm³/mol. The Morgan fingerprint density at radius 3 is 2.55 bits per heavy atom. The van der Waals surface area contributed by atoms with Crippen LogP contribution in [0.5, 0.6) is 5.75 Å². The lowest BCUT2D eigenvalue weighted by Gasteiger charge is -2.26. The number of carboxylic acid groups (broad SMARTS) is 1. The topological polar surface area (TPSA) is 63.6 Å². The lowest BCUT2D eigenvalue weighted by molar-refractivity contribution is -0.143. The quantitative estimate of drug-likeness (QED) is 0.839. The molecule has 1 aromatic carbocycles. The number of ether oxygens (including phenoxy) is 1. The van der Waals surface area contributed by atoms with Crippen molar-refractivity contribution in [3.8, 4) is 5.75 Å². The monoisotopic (exact) mass is 276 g/mol. The minimum absolute atomic E-state index is 0.0868. The van der Waals surface area contributed by atoms with E-state index in [9.17, 15) is 9.59 Å². The van der Waals surface area contributed by atoms with Crippen LogP contribution in [0.4, 0.5) is 0 Å². The third-order valence-corrected chi connectivity index (χ3v) is 4.02. The molecule has 0 spiro atoms. The number of Topliss-reactive ketones (excluding diaryl/α,β-unsaturated/α-hetero) is 1. The molecular weight excluding hydrogens is 256 g/mol. The van der Waals surface area contributed by atoms with Crippen molar-refractivity contribution < 1.29 is 19.4 Å². The molecule has 1 fully saturated rings. The second kappa shape index (κ2) is 6.55. The van der Waals surface area contributed by atoms with Crippen LogP contribution in [0.15, 0.2) is 24.3 Å². The molecule has 0 saturated heterocycles. The summed E-state index contributed by atoms with van der Waals surface area (Å²) in [5, 5.41) is 9.07. The first-order chi connectivity index (χ1) is 9.60. The summed E-state index contributed by atoms with van der Waals surface area (Å²) in [6.45, 7) is 0. The van der Waals surface area contributed by atoms with Gasteiger partial charge in [-0.05, 0) is 49.4 Å². The first kappa shape index (κ1) is 14.6. The molecule has 1 aromatic rings. The van der Waals surface area contributed by atoms with Crippen molar-refractivity contribution in [1.29, 1.82) is 0 Å². The van der Waals surface area contributed by atoms with E-state index in [4.69, 9.17) is 9.84 Å². The van der Waals surface area contributed by atoms with Crippen LogP contribution in [0.25, 0.3) is 0 Å². The summed E-state index contributed by atoms with van der Waals surface area (Å²) in [7, 11) is 1.59. The average molecular weight is 276 g/mol. The van der Waals surface area contributed by atoms with Crippen molar-refractivity contribution in [2.45, 2.75) is 32.1 Å². The van der Waals surface area contributed by atoms with E-state index in [-0.39, 0.29) is 17.6 Å². The van der Waals surface area contributed by atoms with E-state index in [1.807, 2.05) is 0 Å². The highest BCUT2D eigenvalue weighted by Crippen LogP contribution is 2.32. The maximum atomic E-state index is 12.2. The Balaban J connectivity index is 1.94. The number of benzene rings is 1. The van der Waals surface area contributed by atoms with Crippen molar-refractivity contribution in [2.75, 3.05) is 7.11 Å². The van der Waals surface area contributed by atoms with Gasteiger partial charge in [0.25, 0.3) is 0 Å². The summed E-state index contributed by atoms with van der Waals surface area (Å²) in [5.74, 6) is -0.00249. The minimum atomic E-state index is -0.730. The highest BCUT2D eigenvalue weighted by atomic mass is 16.5. The van der Waals surface area contributed by atoms with Gasteiger partial charge in [-0.2, -0.15) is 0 Å². The number of hydrogen-bond acceptors (Lipinski definition) is 3. The van der Waals surface area contributed by atoms with E-state index < -0.39 is 5.97 Å². The van der Waals surface area contributed by atoms with Gasteiger partial charge in [0.15, 0.2) is 5.78 Å². The van der Waals surface area contributed by atoms with Crippen LogP contribution in [0.1, 0.15) is 42.5 Å². The van der Waals surface area contributed by atoms with Gasteiger partial charge in [-0.25, -0.2) is 0 Å². The zero-order valence-electron chi connectivity index (χ0n) is 11.7. The molecule has 2 unspecified atom stereocenters. The number of hydrogen-bond donors (Lipinski definition) is 1. The fourth-order valence-electron chi connectivity index (χ4n) is 2.86. The average Bonchev–Trinajstić information content (AvgIpc) is 2.47. The zero-order valence-corrected chi connectivity index (χ0v) is 11.7. The van der Waals surface area contributed by atoms with Crippen LogP contribution >= 0.6 is 0 Å². The third kappa shape index (κ3) is 3.59. The van der Waals surface area contributed by atoms with E-state index in [1.165, 1.54) is 0 Å². The summed E-state index contributed by atoms with van der Waals surface area (Å²) < 4.78 is 5.06. The van der Waals surface area contributed by atoms with Crippen LogP contribution in [-0.2, 0) is 4.79 Å². The van der Waals surface area contributed by atoms with Crippen LogP contribution < -0.4 is 4.74 Å². The molecule has 2 atom stereocenters. The normalized spacial score (nSPS) is 22.2. The first-order valence-corrected chi connectivity index (χ1v) is 7.00. The van der Waals surface area contributed by atoms with Gasteiger partial charge in [-0.15, -0.1) is 0 Å². The number of carbonyl (C=O) groups is 2. The van der Waals surface area contributed by atoms with Gasteiger partial charge >= 0.3 is 5.97 Å². The number of rotatable bonds is 5. The van der Waals surface area contributed by atoms with Crippen molar-refractivity contribution >= 4 is 11.8 Å². The molecule has 1 saturated carbocycles. The smallest absolute Gasteiger partial charge is 0.306 e. The Hall–Kier alpha value is -1.84. The molecule has 1 aliphatic carbocycles. The molecule has 1 N–H and O–H groups in total. The highest BCUT2D eigenvalue weighted by Gasteiger charge is 2.28. The van der Waals surface area contributed by atoms with Gasteiger partial charge in [0.1, 0.15) is 5.75 Å². The standard InChI is InChI=1S/C16H20O4/c1-20-14-7-5-12(6-8-14)15(17)10-11-3-2-4-13(9-11)16(18)19/h5-8,11,13H,2-4,9-10H2,1H3,(H,18,19). The second-order valence-corrected chi connectivity index (χ2v) is 5.42. The van der Waals surface area contributed by atoms with Gasteiger partial charge in [-0.3, -0.25) is 9.59 Å². The second-order valence-electron chi connectivity index (χ2n) is 5.42. The molecule has 1 aliphatic rings. The molecule has 4 heteroatoms.